The van der Waals surface area contributed by atoms with Crippen molar-refractivity contribution in [3.05, 3.63) is 65.2 Å². The minimum absolute atomic E-state index is 0.0846. The van der Waals surface area contributed by atoms with E-state index in [4.69, 9.17) is 4.42 Å². The summed E-state index contributed by atoms with van der Waals surface area (Å²) in [7, 11) is 0. The van der Waals surface area contributed by atoms with Gasteiger partial charge in [-0.05, 0) is 13.0 Å². The van der Waals surface area contributed by atoms with Gasteiger partial charge in [-0.2, -0.15) is 0 Å². The number of aryl methyl sites for hydroxylation is 1. The molecule has 1 aromatic heterocycles. The Bertz CT molecular complexity index is 811. The Labute approximate surface area is 119 Å². The lowest BCUT2D eigenvalue weighted by Crippen LogP contribution is -2.03. The average molecular weight is 291 g/mol. The summed E-state index contributed by atoms with van der Waals surface area (Å²) >= 11 is 0. The molecule has 0 radical (unpaired) electrons. The van der Waals surface area contributed by atoms with Gasteiger partial charge >= 0.3 is 0 Å². The van der Waals surface area contributed by atoms with E-state index in [2.05, 4.69) is 5.32 Å². The molecule has 1 heterocycles. The number of hydrogen-bond acceptors (Lipinski definition) is 2. The Balaban J connectivity index is 1.90. The van der Waals surface area contributed by atoms with Crippen LogP contribution < -0.4 is 5.32 Å². The SMILES string of the molecule is Cc1oc2ccccc2c1CNc1cc(F)c(F)cc1F. The Morgan fingerprint density at radius 3 is 2.52 bits per heavy atom. The van der Waals surface area contributed by atoms with Crippen molar-refractivity contribution in [2.45, 2.75) is 13.5 Å². The van der Waals surface area contributed by atoms with Gasteiger partial charge in [0.15, 0.2) is 11.6 Å². The number of fused-ring (bicyclic) bond motifs is 1. The standard InChI is InChI=1S/C16H12F3NO/c1-9-11(10-4-2-3-5-16(10)21-9)8-20-15-7-13(18)12(17)6-14(15)19/h2-7,20H,8H2,1H3. The van der Waals surface area contributed by atoms with E-state index in [9.17, 15) is 13.2 Å². The van der Waals surface area contributed by atoms with Gasteiger partial charge in [-0.15, -0.1) is 0 Å². The molecule has 21 heavy (non-hydrogen) atoms. The topological polar surface area (TPSA) is 25.2 Å². The monoisotopic (exact) mass is 291 g/mol. The number of anilines is 1. The molecule has 0 aliphatic carbocycles. The van der Waals surface area contributed by atoms with Gasteiger partial charge in [0, 0.05) is 29.6 Å². The number of furan rings is 1. The minimum Gasteiger partial charge on any atom is -0.461 e. The molecule has 3 rings (SSSR count). The van der Waals surface area contributed by atoms with Crippen LogP contribution in [-0.4, -0.2) is 0 Å². The lowest BCUT2D eigenvalue weighted by molar-refractivity contribution is 0.496. The molecule has 0 spiro atoms. The van der Waals surface area contributed by atoms with Crippen molar-refractivity contribution in [3.63, 3.8) is 0 Å². The van der Waals surface area contributed by atoms with E-state index in [0.717, 1.165) is 22.6 Å². The van der Waals surface area contributed by atoms with E-state index in [1.807, 2.05) is 24.3 Å². The Morgan fingerprint density at radius 2 is 1.71 bits per heavy atom. The number of halogens is 3. The van der Waals surface area contributed by atoms with E-state index in [1.54, 1.807) is 6.92 Å². The third-order valence-corrected chi connectivity index (χ3v) is 3.37. The highest BCUT2D eigenvalue weighted by atomic mass is 19.2. The smallest absolute Gasteiger partial charge is 0.161 e. The summed E-state index contributed by atoms with van der Waals surface area (Å²) in [5.41, 5.74) is 1.51. The van der Waals surface area contributed by atoms with Crippen molar-refractivity contribution in [2.24, 2.45) is 0 Å². The van der Waals surface area contributed by atoms with E-state index in [1.165, 1.54) is 0 Å². The van der Waals surface area contributed by atoms with Crippen LogP contribution in [0, 0.1) is 24.4 Å². The van der Waals surface area contributed by atoms with E-state index < -0.39 is 17.5 Å². The number of nitrogens with one attached hydrogen (secondary N) is 1. The zero-order chi connectivity index (χ0) is 15.0. The fourth-order valence-electron chi connectivity index (χ4n) is 2.28. The van der Waals surface area contributed by atoms with Crippen LogP contribution in [0.25, 0.3) is 11.0 Å². The third kappa shape index (κ3) is 2.46. The molecule has 2 aromatic carbocycles. The molecule has 2 nitrogen and oxygen atoms in total. The van der Waals surface area contributed by atoms with Crippen molar-refractivity contribution in [1.29, 1.82) is 0 Å². The van der Waals surface area contributed by atoms with Gasteiger partial charge in [-0.3, -0.25) is 0 Å². The molecule has 0 unspecified atom stereocenters. The molecule has 0 bridgehead atoms. The molecule has 0 atom stereocenters. The zero-order valence-electron chi connectivity index (χ0n) is 11.2. The van der Waals surface area contributed by atoms with Crippen LogP contribution in [0.5, 0.6) is 0 Å². The molecule has 5 heteroatoms. The van der Waals surface area contributed by atoms with Gasteiger partial charge < -0.3 is 9.73 Å². The molecule has 0 aliphatic heterocycles. The lowest BCUT2D eigenvalue weighted by atomic mass is 10.1. The summed E-state index contributed by atoms with van der Waals surface area (Å²) in [6.07, 6.45) is 0. The van der Waals surface area contributed by atoms with Crippen LogP contribution in [0.3, 0.4) is 0 Å². The first-order valence-electron chi connectivity index (χ1n) is 6.41. The first kappa shape index (κ1) is 13.5. The maximum Gasteiger partial charge on any atom is 0.161 e. The minimum atomic E-state index is -1.21. The van der Waals surface area contributed by atoms with Crippen molar-refractivity contribution in [2.75, 3.05) is 5.32 Å². The number of benzene rings is 2. The molecular formula is C16H12F3NO. The zero-order valence-corrected chi connectivity index (χ0v) is 11.2. The molecule has 0 aliphatic rings. The van der Waals surface area contributed by atoms with E-state index in [0.29, 0.717) is 11.8 Å². The molecule has 1 N–H and O–H groups in total. The highest BCUT2D eigenvalue weighted by Gasteiger charge is 2.13. The fraction of sp³-hybridized carbons (Fsp3) is 0.125. The largest absolute Gasteiger partial charge is 0.461 e. The fourth-order valence-corrected chi connectivity index (χ4v) is 2.28. The van der Waals surface area contributed by atoms with E-state index >= 15 is 0 Å². The summed E-state index contributed by atoms with van der Waals surface area (Å²) in [6.45, 7) is 2.06. The van der Waals surface area contributed by atoms with Crippen LogP contribution >= 0.6 is 0 Å². The van der Waals surface area contributed by atoms with Gasteiger partial charge in [0.1, 0.15) is 17.2 Å². The maximum absolute atomic E-state index is 13.6. The first-order chi connectivity index (χ1) is 10.1. The third-order valence-electron chi connectivity index (χ3n) is 3.37. The summed E-state index contributed by atoms with van der Waals surface area (Å²) in [5.74, 6) is -2.43. The molecule has 3 aromatic rings. The molecular weight excluding hydrogens is 279 g/mol. The molecule has 0 fully saturated rings. The predicted molar refractivity (Wildman–Crippen MR) is 74.6 cm³/mol. The van der Waals surface area contributed by atoms with Crippen molar-refractivity contribution in [1.82, 2.24) is 0 Å². The quantitative estimate of drug-likeness (QED) is 0.703. The highest BCUT2D eigenvalue weighted by Crippen LogP contribution is 2.27. The van der Waals surface area contributed by atoms with Crippen molar-refractivity contribution in [3.8, 4) is 0 Å². The molecule has 0 saturated heterocycles. The van der Waals surface area contributed by atoms with Crippen molar-refractivity contribution < 1.29 is 17.6 Å². The Hall–Kier alpha value is -2.43. The second-order valence-electron chi connectivity index (χ2n) is 4.73. The molecule has 0 amide bonds. The summed E-state index contributed by atoms with van der Waals surface area (Å²) in [6, 6.07) is 8.80. The maximum atomic E-state index is 13.6. The van der Waals surface area contributed by atoms with Crippen molar-refractivity contribution >= 4 is 16.7 Å². The Kier molecular flexibility index (Phi) is 3.33. The van der Waals surface area contributed by atoms with Crippen LogP contribution in [0.4, 0.5) is 18.9 Å². The Morgan fingerprint density at radius 1 is 1.00 bits per heavy atom. The van der Waals surface area contributed by atoms with Crippen LogP contribution in [-0.2, 0) is 6.54 Å². The van der Waals surface area contributed by atoms with Crippen LogP contribution in [0.1, 0.15) is 11.3 Å². The van der Waals surface area contributed by atoms with Gasteiger partial charge in [0.2, 0.25) is 0 Å². The predicted octanol–water partition coefficient (Wildman–Crippen LogP) is 4.77. The molecule has 108 valence electrons. The summed E-state index contributed by atoms with van der Waals surface area (Å²) in [4.78, 5) is 0. The number of rotatable bonds is 3. The average Bonchev–Trinajstić information content (AvgIpc) is 2.77. The molecule has 0 saturated carbocycles. The summed E-state index contributed by atoms with van der Waals surface area (Å²) < 4.78 is 45.2. The van der Waals surface area contributed by atoms with Gasteiger partial charge in [-0.25, -0.2) is 13.2 Å². The second-order valence-corrected chi connectivity index (χ2v) is 4.73. The van der Waals surface area contributed by atoms with E-state index in [-0.39, 0.29) is 12.2 Å². The summed E-state index contributed by atoms with van der Waals surface area (Å²) in [5, 5.41) is 3.68. The first-order valence-corrected chi connectivity index (χ1v) is 6.41. The van der Waals surface area contributed by atoms with Gasteiger partial charge in [0.05, 0.1) is 5.69 Å². The van der Waals surface area contributed by atoms with Crippen LogP contribution in [0.15, 0.2) is 40.8 Å². The van der Waals surface area contributed by atoms with Gasteiger partial charge in [-0.1, -0.05) is 18.2 Å². The van der Waals surface area contributed by atoms with Gasteiger partial charge in [0.25, 0.3) is 0 Å². The highest BCUT2D eigenvalue weighted by molar-refractivity contribution is 5.82. The second kappa shape index (κ2) is 5.16. The number of hydrogen-bond donors (Lipinski definition) is 1. The van der Waals surface area contributed by atoms with Crippen LogP contribution in [0.2, 0.25) is 0 Å². The normalized spacial score (nSPS) is 11.0. The lowest BCUT2D eigenvalue weighted by Gasteiger charge is -2.08. The number of para-hydroxylation sites is 1.